The molecule has 5 N–H and O–H groups in total. The number of alkyl halides is 3. The molecule has 1 aromatic rings. The smallest absolute Gasteiger partial charge is 0.406 e. The van der Waals surface area contributed by atoms with Gasteiger partial charge in [-0.05, 0) is 61.3 Å². The molecular formula is C25H32F3N5O3. The first-order valence-corrected chi connectivity index (χ1v) is 12.2. The molecule has 3 aliphatic rings. The highest BCUT2D eigenvalue weighted by Crippen LogP contribution is 2.35. The fourth-order valence-electron chi connectivity index (χ4n) is 5.41. The van der Waals surface area contributed by atoms with Crippen molar-refractivity contribution in [2.75, 3.05) is 26.2 Å². The van der Waals surface area contributed by atoms with E-state index in [0.29, 0.717) is 62.1 Å². The topological polar surface area (TPSA) is 114 Å². The molecule has 1 aliphatic carbocycles. The Morgan fingerprint density at radius 3 is 2.22 bits per heavy atom. The molecule has 2 aliphatic heterocycles. The number of amides is 2. The Balaban J connectivity index is 1.27. The summed E-state index contributed by atoms with van der Waals surface area (Å²) in [7, 11) is 0. The van der Waals surface area contributed by atoms with Gasteiger partial charge in [0.05, 0.1) is 0 Å². The number of halogens is 3. The summed E-state index contributed by atoms with van der Waals surface area (Å²) in [4.78, 5) is 29.6. The third kappa shape index (κ3) is 6.31. The zero-order chi connectivity index (χ0) is 25.9. The van der Waals surface area contributed by atoms with E-state index in [-0.39, 0.29) is 23.5 Å². The highest BCUT2D eigenvalue weighted by molar-refractivity contribution is 5.91. The van der Waals surface area contributed by atoms with Crippen LogP contribution in [0, 0.1) is 17.8 Å². The summed E-state index contributed by atoms with van der Waals surface area (Å²) in [5.74, 6) is 5.80. The number of hydrazine groups is 1. The Hall–Kier alpha value is -3.21. The molecule has 2 saturated heterocycles. The number of nitrogens with zero attached hydrogens (tertiary/aromatic N) is 2. The van der Waals surface area contributed by atoms with E-state index in [2.05, 4.69) is 10.2 Å². The van der Waals surface area contributed by atoms with Crippen LogP contribution in [0.25, 0.3) is 6.08 Å². The summed E-state index contributed by atoms with van der Waals surface area (Å²) in [6.45, 7) is 2.62. The van der Waals surface area contributed by atoms with Crippen LogP contribution in [0.4, 0.5) is 13.2 Å². The van der Waals surface area contributed by atoms with E-state index < -0.39 is 6.36 Å². The van der Waals surface area contributed by atoms with Crippen LogP contribution in [0.3, 0.4) is 0 Å². The van der Waals surface area contributed by atoms with Crippen molar-refractivity contribution in [1.29, 1.82) is 0 Å². The van der Waals surface area contributed by atoms with Crippen LogP contribution in [-0.2, 0) is 9.59 Å². The van der Waals surface area contributed by atoms with Gasteiger partial charge in [-0.25, -0.2) is 0 Å². The van der Waals surface area contributed by atoms with Crippen molar-refractivity contribution in [2.24, 2.45) is 29.3 Å². The number of nitrogens with two attached hydrogens (primary N) is 2. The van der Waals surface area contributed by atoms with E-state index in [9.17, 15) is 22.8 Å². The van der Waals surface area contributed by atoms with Crippen molar-refractivity contribution in [2.45, 2.75) is 38.5 Å². The molecule has 3 unspecified atom stereocenters. The summed E-state index contributed by atoms with van der Waals surface area (Å²) in [5.41, 5.74) is 10.8. The van der Waals surface area contributed by atoms with Gasteiger partial charge in [-0.1, -0.05) is 12.1 Å². The van der Waals surface area contributed by atoms with Crippen LogP contribution in [0.2, 0.25) is 0 Å². The van der Waals surface area contributed by atoms with Gasteiger partial charge in [0, 0.05) is 56.0 Å². The maximum absolute atomic E-state index is 13.1. The van der Waals surface area contributed by atoms with Crippen LogP contribution < -0.4 is 21.7 Å². The maximum atomic E-state index is 13.1. The fraction of sp³-hybridized carbons (Fsp3) is 0.520. The van der Waals surface area contributed by atoms with Crippen LogP contribution in [0.5, 0.6) is 5.75 Å². The Morgan fingerprint density at radius 1 is 1.03 bits per heavy atom. The summed E-state index contributed by atoms with van der Waals surface area (Å²) >= 11 is 0. The summed E-state index contributed by atoms with van der Waals surface area (Å²) in [6, 6.07) is 5.35. The van der Waals surface area contributed by atoms with Crippen molar-refractivity contribution in [1.82, 2.24) is 15.2 Å². The Labute approximate surface area is 208 Å². The van der Waals surface area contributed by atoms with E-state index in [1.807, 2.05) is 4.90 Å². The second-order valence-corrected chi connectivity index (χ2v) is 9.70. The number of benzene rings is 1. The highest BCUT2D eigenvalue weighted by atomic mass is 19.4. The molecule has 0 spiro atoms. The molecule has 4 rings (SSSR count). The lowest BCUT2D eigenvalue weighted by molar-refractivity contribution is -0.274. The number of fused-ring (bicyclic) bond motifs is 1. The SMILES string of the molecule is NNC1=C(N)CC(C(=O)N2CC3CCN(C(=O)/C=C/c4ccc(OC(F)(F)F)cc4)CCC3C2)CC1. The quantitative estimate of drug-likeness (QED) is 0.321. The molecule has 0 bridgehead atoms. The Bertz CT molecular complexity index is 1010. The zero-order valence-corrected chi connectivity index (χ0v) is 20.0. The van der Waals surface area contributed by atoms with Crippen LogP contribution >= 0.6 is 0 Å². The molecule has 2 amide bonds. The van der Waals surface area contributed by atoms with Crippen molar-refractivity contribution in [3.63, 3.8) is 0 Å². The molecule has 3 atom stereocenters. The van der Waals surface area contributed by atoms with Gasteiger partial charge in [0.25, 0.3) is 0 Å². The lowest BCUT2D eigenvalue weighted by Crippen LogP contribution is -2.39. The average Bonchev–Trinajstić information content (AvgIpc) is 3.14. The number of allylic oxidation sites excluding steroid dienone is 2. The monoisotopic (exact) mass is 507 g/mol. The molecule has 36 heavy (non-hydrogen) atoms. The van der Waals surface area contributed by atoms with E-state index in [0.717, 1.165) is 25.0 Å². The first-order chi connectivity index (χ1) is 17.1. The second kappa shape index (κ2) is 10.8. The third-order valence-corrected chi connectivity index (χ3v) is 7.39. The third-order valence-electron chi connectivity index (χ3n) is 7.39. The van der Waals surface area contributed by atoms with Crippen molar-refractivity contribution in [3.05, 3.63) is 47.3 Å². The number of nitrogens with one attached hydrogen (secondary N) is 1. The van der Waals surface area contributed by atoms with Gasteiger partial charge in [0.1, 0.15) is 5.75 Å². The van der Waals surface area contributed by atoms with E-state index in [1.165, 1.54) is 30.3 Å². The minimum atomic E-state index is -4.74. The first-order valence-electron chi connectivity index (χ1n) is 12.2. The van der Waals surface area contributed by atoms with Gasteiger partial charge < -0.3 is 25.7 Å². The summed E-state index contributed by atoms with van der Waals surface area (Å²) < 4.78 is 40.7. The van der Waals surface area contributed by atoms with Crippen LogP contribution in [0.1, 0.15) is 37.7 Å². The number of carbonyl (C=O) groups is 2. The second-order valence-electron chi connectivity index (χ2n) is 9.70. The minimum Gasteiger partial charge on any atom is -0.406 e. The normalized spacial score (nSPS) is 25.1. The van der Waals surface area contributed by atoms with Crippen molar-refractivity contribution < 1.29 is 27.5 Å². The molecular weight excluding hydrogens is 475 g/mol. The molecule has 8 nitrogen and oxygen atoms in total. The number of ether oxygens (including phenoxy) is 1. The van der Waals surface area contributed by atoms with Gasteiger partial charge in [-0.15, -0.1) is 13.2 Å². The maximum Gasteiger partial charge on any atom is 0.573 e. The zero-order valence-electron chi connectivity index (χ0n) is 20.0. The van der Waals surface area contributed by atoms with Crippen molar-refractivity contribution >= 4 is 17.9 Å². The van der Waals surface area contributed by atoms with Crippen LogP contribution in [0.15, 0.2) is 41.7 Å². The molecule has 11 heteroatoms. The fourth-order valence-corrected chi connectivity index (χ4v) is 5.41. The van der Waals surface area contributed by atoms with Gasteiger partial charge >= 0.3 is 6.36 Å². The van der Waals surface area contributed by atoms with Gasteiger partial charge in [0.2, 0.25) is 11.8 Å². The van der Waals surface area contributed by atoms with Crippen LogP contribution in [-0.4, -0.2) is 54.2 Å². The predicted octanol–water partition coefficient (Wildman–Crippen LogP) is 2.73. The molecule has 2 fully saturated rings. The predicted molar refractivity (Wildman–Crippen MR) is 127 cm³/mol. The Kier molecular flexibility index (Phi) is 7.77. The minimum absolute atomic E-state index is 0.109. The molecule has 1 aromatic carbocycles. The molecule has 196 valence electrons. The highest BCUT2D eigenvalue weighted by Gasteiger charge is 2.39. The molecule has 2 heterocycles. The van der Waals surface area contributed by atoms with Crippen molar-refractivity contribution in [3.8, 4) is 5.75 Å². The average molecular weight is 508 g/mol. The van der Waals surface area contributed by atoms with Gasteiger partial charge in [-0.3, -0.25) is 15.4 Å². The lowest BCUT2D eigenvalue weighted by Gasteiger charge is -2.28. The van der Waals surface area contributed by atoms with E-state index in [4.69, 9.17) is 11.6 Å². The van der Waals surface area contributed by atoms with Gasteiger partial charge in [0.15, 0.2) is 0 Å². The number of hydrogen-bond donors (Lipinski definition) is 3. The largest absolute Gasteiger partial charge is 0.573 e. The standard InChI is InChI=1S/C25H32F3N5O3/c26-25(27,28)36-20-5-1-16(2-6-20)3-8-23(34)32-11-9-18-14-33(15-19(18)10-12-32)24(35)17-4-7-22(31-30)21(29)13-17/h1-3,5-6,8,17-19,31H,4,7,9-15,29-30H2/b8-3+. The number of rotatable bonds is 5. The number of likely N-dealkylation sites (tertiary alicyclic amines) is 2. The summed E-state index contributed by atoms with van der Waals surface area (Å²) in [5, 5.41) is 0. The lowest BCUT2D eigenvalue weighted by atomic mass is 9.89. The Morgan fingerprint density at radius 2 is 1.67 bits per heavy atom. The number of carbonyl (C=O) groups excluding carboxylic acids is 2. The van der Waals surface area contributed by atoms with E-state index >= 15 is 0 Å². The van der Waals surface area contributed by atoms with Gasteiger partial charge in [-0.2, -0.15) is 0 Å². The molecule has 0 aromatic heterocycles. The molecule has 0 radical (unpaired) electrons. The number of hydrogen-bond acceptors (Lipinski definition) is 6. The molecule has 0 saturated carbocycles. The first kappa shape index (κ1) is 25.9. The van der Waals surface area contributed by atoms with E-state index in [1.54, 1.807) is 11.0 Å². The summed E-state index contributed by atoms with van der Waals surface area (Å²) in [6.07, 6.45) is 1.88.